The molecule has 0 bridgehead atoms. The number of carbonyl (C=O) groups is 1. The van der Waals surface area contributed by atoms with Crippen LogP contribution in [0.2, 0.25) is 0 Å². The lowest BCUT2D eigenvalue weighted by atomic mass is 9.98. The van der Waals surface area contributed by atoms with Crippen LogP contribution in [0.4, 0.5) is 5.13 Å². The molecule has 0 radical (unpaired) electrons. The molecule has 1 unspecified atom stereocenters. The number of carbonyl (C=O) groups excluding carboxylic acids is 1. The topological polar surface area (TPSA) is 131 Å². The van der Waals surface area contributed by atoms with Gasteiger partial charge in [-0.25, -0.2) is 8.42 Å². The highest BCUT2D eigenvalue weighted by molar-refractivity contribution is 7.92. The van der Waals surface area contributed by atoms with Gasteiger partial charge in [-0.1, -0.05) is 55.5 Å². The van der Waals surface area contributed by atoms with Crippen LogP contribution >= 0.6 is 11.3 Å². The van der Waals surface area contributed by atoms with Crippen molar-refractivity contribution in [1.29, 1.82) is 5.26 Å². The van der Waals surface area contributed by atoms with Crippen molar-refractivity contribution >= 4 is 38.3 Å². The SMILES string of the molecule is CCC(C)c1ccccc1OCCOc1ccc(C=C(C#N)C(=O)Nc2nnc(S(C)(=O)=O)s2)cc1. The summed E-state index contributed by atoms with van der Waals surface area (Å²) in [5, 5.41) is 18.9. The quantitative estimate of drug-likeness (QED) is 0.168. The van der Waals surface area contributed by atoms with Crippen LogP contribution in [0.1, 0.15) is 37.3 Å². The number of anilines is 1. The van der Waals surface area contributed by atoms with Gasteiger partial charge in [-0.2, -0.15) is 5.26 Å². The first-order valence-corrected chi connectivity index (χ1v) is 13.8. The standard InChI is InChI=1S/C25H26N4O5S2/c1-4-17(2)21-7-5-6-8-22(21)34-14-13-33-20-11-9-18(10-12-20)15-19(16-26)23(30)27-24-28-29-25(35-24)36(3,31)32/h5-12,15,17H,4,13-14H2,1-3H3,(H,27,28,30). The number of nitrogens with one attached hydrogen (secondary N) is 1. The van der Waals surface area contributed by atoms with E-state index in [2.05, 4.69) is 35.4 Å². The number of amides is 1. The largest absolute Gasteiger partial charge is 0.490 e. The lowest BCUT2D eigenvalue weighted by Crippen LogP contribution is -2.13. The lowest BCUT2D eigenvalue weighted by molar-refractivity contribution is -0.112. The highest BCUT2D eigenvalue weighted by Gasteiger charge is 2.17. The third kappa shape index (κ3) is 7.37. The van der Waals surface area contributed by atoms with Gasteiger partial charge >= 0.3 is 0 Å². The van der Waals surface area contributed by atoms with Crippen molar-refractivity contribution in [3.8, 4) is 17.6 Å². The number of para-hydroxylation sites is 1. The molecule has 1 amide bonds. The first kappa shape index (κ1) is 26.8. The molecule has 2 aromatic carbocycles. The van der Waals surface area contributed by atoms with Gasteiger partial charge in [0.05, 0.1) is 0 Å². The average Bonchev–Trinajstić information content (AvgIpc) is 3.35. The van der Waals surface area contributed by atoms with Crippen molar-refractivity contribution < 1.29 is 22.7 Å². The molecule has 0 saturated carbocycles. The molecule has 0 aliphatic rings. The Morgan fingerprint density at radius 1 is 1.14 bits per heavy atom. The summed E-state index contributed by atoms with van der Waals surface area (Å²) in [4.78, 5) is 12.4. The number of rotatable bonds is 11. The van der Waals surface area contributed by atoms with Crippen LogP contribution in [0.25, 0.3) is 6.08 Å². The second-order valence-electron chi connectivity index (χ2n) is 7.88. The van der Waals surface area contributed by atoms with E-state index in [1.54, 1.807) is 24.3 Å². The van der Waals surface area contributed by atoms with E-state index in [4.69, 9.17) is 9.47 Å². The zero-order valence-electron chi connectivity index (χ0n) is 20.1. The molecule has 11 heteroatoms. The smallest absolute Gasteiger partial charge is 0.268 e. The van der Waals surface area contributed by atoms with Crippen molar-refractivity contribution in [1.82, 2.24) is 10.2 Å². The maximum absolute atomic E-state index is 12.4. The van der Waals surface area contributed by atoms with Gasteiger partial charge < -0.3 is 9.47 Å². The van der Waals surface area contributed by atoms with Gasteiger partial charge in [0, 0.05) is 6.26 Å². The number of benzene rings is 2. The van der Waals surface area contributed by atoms with Gasteiger partial charge in [0.15, 0.2) is 0 Å². The fourth-order valence-corrected chi connectivity index (χ4v) is 4.60. The van der Waals surface area contributed by atoms with Crippen molar-refractivity contribution in [3.63, 3.8) is 0 Å². The molecule has 3 rings (SSSR count). The summed E-state index contributed by atoms with van der Waals surface area (Å²) in [5.41, 5.74) is 1.62. The molecule has 1 aromatic heterocycles. The van der Waals surface area contributed by atoms with E-state index in [1.807, 2.05) is 24.3 Å². The van der Waals surface area contributed by atoms with Gasteiger partial charge in [-0.15, -0.1) is 10.2 Å². The van der Waals surface area contributed by atoms with E-state index in [-0.39, 0.29) is 15.0 Å². The maximum atomic E-state index is 12.4. The van der Waals surface area contributed by atoms with Crippen molar-refractivity contribution in [2.75, 3.05) is 24.8 Å². The first-order chi connectivity index (χ1) is 17.2. The van der Waals surface area contributed by atoms with Crippen molar-refractivity contribution in [2.24, 2.45) is 0 Å². The Morgan fingerprint density at radius 2 is 1.83 bits per heavy atom. The van der Waals surface area contributed by atoms with E-state index in [0.29, 0.717) is 41.8 Å². The number of sulfone groups is 1. The third-order valence-corrected chi connectivity index (χ3v) is 7.68. The highest BCUT2D eigenvalue weighted by atomic mass is 32.2. The van der Waals surface area contributed by atoms with Crippen LogP contribution in [0.5, 0.6) is 11.5 Å². The van der Waals surface area contributed by atoms with Crippen molar-refractivity contribution in [2.45, 2.75) is 30.5 Å². The fraction of sp³-hybridized carbons (Fsp3) is 0.280. The molecule has 1 atom stereocenters. The normalized spacial score (nSPS) is 12.4. The summed E-state index contributed by atoms with van der Waals surface area (Å²) < 4.78 is 34.4. The van der Waals surface area contributed by atoms with Crippen LogP contribution in [-0.4, -0.2) is 44.0 Å². The van der Waals surface area contributed by atoms with Gasteiger partial charge in [0.1, 0.15) is 36.4 Å². The zero-order chi connectivity index (χ0) is 26.1. The Labute approximate surface area is 214 Å². The molecule has 0 aliphatic heterocycles. The molecule has 1 heterocycles. The number of ether oxygens (including phenoxy) is 2. The molecule has 0 aliphatic carbocycles. The Bertz CT molecular complexity index is 1380. The molecular formula is C25H26N4O5S2. The van der Waals surface area contributed by atoms with Crippen LogP contribution < -0.4 is 14.8 Å². The summed E-state index contributed by atoms with van der Waals surface area (Å²) in [6.07, 6.45) is 3.43. The number of hydrogen-bond acceptors (Lipinski definition) is 9. The fourth-order valence-electron chi connectivity index (χ4n) is 3.10. The van der Waals surface area contributed by atoms with Crippen LogP contribution in [0.3, 0.4) is 0 Å². The summed E-state index contributed by atoms with van der Waals surface area (Å²) in [6.45, 7) is 5.05. The maximum Gasteiger partial charge on any atom is 0.268 e. The van der Waals surface area contributed by atoms with E-state index in [1.165, 1.54) is 11.6 Å². The molecule has 0 spiro atoms. The van der Waals surface area contributed by atoms with Gasteiger partial charge in [-0.05, 0) is 47.7 Å². The second kappa shape index (κ2) is 12.3. The zero-order valence-corrected chi connectivity index (χ0v) is 21.7. The Balaban J connectivity index is 1.55. The summed E-state index contributed by atoms with van der Waals surface area (Å²) in [6, 6.07) is 16.7. The van der Waals surface area contributed by atoms with E-state index in [9.17, 15) is 18.5 Å². The van der Waals surface area contributed by atoms with Crippen LogP contribution in [0, 0.1) is 11.3 Å². The summed E-state index contributed by atoms with van der Waals surface area (Å²) in [5.74, 6) is 1.17. The van der Waals surface area contributed by atoms with Crippen LogP contribution in [-0.2, 0) is 14.6 Å². The lowest BCUT2D eigenvalue weighted by Gasteiger charge is -2.15. The van der Waals surface area contributed by atoms with E-state index in [0.717, 1.165) is 18.4 Å². The predicted octanol–water partition coefficient (Wildman–Crippen LogP) is 4.46. The van der Waals surface area contributed by atoms with Crippen LogP contribution in [0.15, 0.2) is 58.4 Å². The minimum Gasteiger partial charge on any atom is -0.490 e. The third-order valence-electron chi connectivity index (χ3n) is 5.17. The summed E-state index contributed by atoms with van der Waals surface area (Å²) in [7, 11) is -3.53. The molecule has 36 heavy (non-hydrogen) atoms. The highest BCUT2D eigenvalue weighted by Crippen LogP contribution is 2.28. The average molecular weight is 527 g/mol. The summed E-state index contributed by atoms with van der Waals surface area (Å²) >= 11 is 0.710. The minimum absolute atomic E-state index is 0.0145. The van der Waals surface area contributed by atoms with E-state index < -0.39 is 15.7 Å². The molecule has 9 nitrogen and oxygen atoms in total. The first-order valence-electron chi connectivity index (χ1n) is 11.1. The molecule has 1 N–H and O–H groups in total. The number of nitrogens with zero attached hydrogens (tertiary/aromatic N) is 3. The second-order valence-corrected chi connectivity index (χ2v) is 11.0. The van der Waals surface area contributed by atoms with Gasteiger partial charge in [0.25, 0.3) is 5.91 Å². The van der Waals surface area contributed by atoms with Gasteiger partial charge in [-0.3, -0.25) is 10.1 Å². The Kier molecular flexibility index (Phi) is 9.16. The molecule has 3 aromatic rings. The minimum atomic E-state index is -3.53. The van der Waals surface area contributed by atoms with Gasteiger partial charge in [0.2, 0.25) is 19.3 Å². The molecule has 188 valence electrons. The number of hydrogen-bond donors (Lipinski definition) is 1. The van der Waals surface area contributed by atoms with Crippen molar-refractivity contribution in [3.05, 3.63) is 65.2 Å². The monoisotopic (exact) mass is 526 g/mol. The molecular weight excluding hydrogens is 500 g/mol. The van der Waals surface area contributed by atoms with E-state index >= 15 is 0 Å². The molecule has 0 saturated heterocycles. The number of nitriles is 1. The number of aromatic nitrogens is 2. The molecule has 0 fully saturated rings. The predicted molar refractivity (Wildman–Crippen MR) is 138 cm³/mol. The Morgan fingerprint density at radius 3 is 2.47 bits per heavy atom. The Hall–Kier alpha value is -3.75.